The molecule has 10 nitrogen and oxygen atoms in total. The van der Waals surface area contributed by atoms with Gasteiger partial charge in [-0.15, -0.1) is 0 Å². The summed E-state index contributed by atoms with van der Waals surface area (Å²) >= 11 is 0. The number of phosphoric acid groups is 1. The lowest BCUT2D eigenvalue weighted by molar-refractivity contribution is -0.161. The second-order valence-corrected chi connectivity index (χ2v) is 10.9. The van der Waals surface area contributed by atoms with E-state index in [2.05, 4.69) is 18.4 Å². The Kier molecular flexibility index (Phi) is 23.4. The molecule has 0 saturated carbocycles. The first kappa shape index (κ1) is 36.0. The molecular formula is C26H51O10P. The molecule has 0 bridgehead atoms. The fourth-order valence-electron chi connectivity index (χ4n) is 3.52. The Morgan fingerprint density at radius 2 is 1.16 bits per heavy atom. The van der Waals surface area contributed by atoms with Crippen LogP contribution in [0.5, 0.6) is 0 Å². The van der Waals surface area contributed by atoms with Gasteiger partial charge in [-0.05, 0) is 12.8 Å². The van der Waals surface area contributed by atoms with Crippen molar-refractivity contribution in [2.24, 2.45) is 0 Å². The topological polar surface area (TPSA) is 149 Å². The first-order valence-corrected chi connectivity index (χ1v) is 15.5. The van der Waals surface area contributed by atoms with Gasteiger partial charge in [0.15, 0.2) is 6.10 Å². The average Bonchev–Trinajstić information content (AvgIpc) is 2.87. The van der Waals surface area contributed by atoms with E-state index in [1.807, 2.05) is 0 Å². The molecule has 0 saturated heterocycles. The summed E-state index contributed by atoms with van der Waals surface area (Å²) in [5, 5.41) is 18.1. The number of hydrogen-bond acceptors (Lipinski definition) is 9. The van der Waals surface area contributed by atoms with Crippen molar-refractivity contribution in [3.05, 3.63) is 0 Å². The molecule has 3 unspecified atom stereocenters. The Morgan fingerprint density at radius 3 is 1.68 bits per heavy atom. The van der Waals surface area contributed by atoms with Gasteiger partial charge >= 0.3 is 19.8 Å². The normalized spacial score (nSPS) is 14.6. The monoisotopic (exact) mass is 554 g/mol. The van der Waals surface area contributed by atoms with Gasteiger partial charge < -0.3 is 24.6 Å². The van der Waals surface area contributed by atoms with Crippen molar-refractivity contribution in [3.8, 4) is 0 Å². The highest BCUT2D eigenvalue weighted by molar-refractivity contribution is 7.47. The molecule has 0 aromatic heterocycles. The summed E-state index contributed by atoms with van der Waals surface area (Å²) in [6.45, 7) is 2.22. The molecule has 0 aromatic rings. The van der Waals surface area contributed by atoms with Crippen LogP contribution in [0.3, 0.4) is 0 Å². The van der Waals surface area contributed by atoms with Crippen molar-refractivity contribution in [1.82, 2.24) is 0 Å². The number of carbonyl (C=O) groups excluding carboxylic acids is 2. The minimum absolute atomic E-state index is 0.188. The smallest absolute Gasteiger partial charge is 0.462 e. The summed E-state index contributed by atoms with van der Waals surface area (Å²) in [6.07, 6.45) is 12.8. The first-order valence-electron chi connectivity index (χ1n) is 14.0. The van der Waals surface area contributed by atoms with Gasteiger partial charge in [-0.25, -0.2) is 4.57 Å². The van der Waals surface area contributed by atoms with Gasteiger partial charge in [0.1, 0.15) is 12.7 Å². The maximum absolute atomic E-state index is 12.3. The molecule has 0 heterocycles. The number of aliphatic hydroxyl groups excluding tert-OH is 2. The zero-order valence-electron chi connectivity index (χ0n) is 22.9. The zero-order chi connectivity index (χ0) is 27.8. The van der Waals surface area contributed by atoms with Crippen molar-refractivity contribution in [1.29, 1.82) is 0 Å². The molecule has 3 atom stereocenters. The molecule has 0 aromatic carbocycles. The predicted molar refractivity (Wildman–Crippen MR) is 141 cm³/mol. The second-order valence-electron chi connectivity index (χ2n) is 9.43. The standard InChI is InChI=1S/C26H51O10P/c1-3-5-7-9-11-12-14-16-18-26(30)36-24(22-35-37(31,32)34-20-23(28)19-27)21-33-25(29)17-15-13-10-8-6-4-2/h23-24,27-28H,3-22H2,1-2H3,(H,31,32). The van der Waals surface area contributed by atoms with Gasteiger partial charge in [0, 0.05) is 12.8 Å². The van der Waals surface area contributed by atoms with Crippen molar-refractivity contribution in [2.45, 2.75) is 129 Å². The van der Waals surface area contributed by atoms with E-state index < -0.39 is 51.8 Å². The number of aliphatic hydroxyl groups is 2. The number of ether oxygens (including phenoxy) is 2. The quantitative estimate of drug-likeness (QED) is 0.0739. The minimum atomic E-state index is -4.58. The van der Waals surface area contributed by atoms with Gasteiger partial charge in [-0.3, -0.25) is 18.6 Å². The Balaban J connectivity index is 4.53. The Morgan fingerprint density at radius 1 is 0.703 bits per heavy atom. The highest BCUT2D eigenvalue weighted by Gasteiger charge is 2.27. The molecule has 3 N–H and O–H groups in total. The lowest BCUT2D eigenvalue weighted by Crippen LogP contribution is -2.29. The van der Waals surface area contributed by atoms with E-state index in [9.17, 15) is 24.2 Å². The Labute approximate surface area is 223 Å². The number of esters is 2. The fourth-order valence-corrected chi connectivity index (χ4v) is 4.31. The minimum Gasteiger partial charge on any atom is -0.462 e. The molecule has 11 heteroatoms. The van der Waals surface area contributed by atoms with Crippen LogP contribution in [0.2, 0.25) is 0 Å². The highest BCUT2D eigenvalue weighted by Crippen LogP contribution is 2.43. The third-order valence-corrected chi connectivity index (χ3v) is 6.71. The Hall–Kier alpha value is -1.03. The van der Waals surface area contributed by atoms with Crippen molar-refractivity contribution in [3.63, 3.8) is 0 Å². The molecule has 0 aliphatic heterocycles. The average molecular weight is 555 g/mol. The van der Waals surface area contributed by atoms with Crippen LogP contribution in [0.25, 0.3) is 0 Å². The number of carbonyl (C=O) groups is 2. The summed E-state index contributed by atoms with van der Waals surface area (Å²) in [6, 6.07) is 0. The maximum Gasteiger partial charge on any atom is 0.472 e. The maximum atomic E-state index is 12.3. The zero-order valence-corrected chi connectivity index (χ0v) is 23.8. The van der Waals surface area contributed by atoms with Crippen LogP contribution in [0.15, 0.2) is 0 Å². The van der Waals surface area contributed by atoms with E-state index in [0.717, 1.165) is 44.9 Å². The van der Waals surface area contributed by atoms with Crippen LogP contribution in [-0.4, -0.2) is 65.7 Å². The molecule has 0 amide bonds. The lowest BCUT2D eigenvalue weighted by Gasteiger charge is -2.20. The van der Waals surface area contributed by atoms with E-state index >= 15 is 0 Å². The third-order valence-electron chi connectivity index (χ3n) is 5.76. The van der Waals surface area contributed by atoms with Crippen LogP contribution in [0, 0.1) is 0 Å². The van der Waals surface area contributed by atoms with Gasteiger partial charge in [0.2, 0.25) is 0 Å². The summed E-state index contributed by atoms with van der Waals surface area (Å²) in [5.41, 5.74) is 0. The number of phosphoric ester groups is 1. The van der Waals surface area contributed by atoms with Crippen molar-refractivity contribution >= 4 is 19.8 Å². The summed E-state index contributed by atoms with van der Waals surface area (Å²) in [5.74, 6) is -0.940. The number of rotatable bonds is 26. The van der Waals surface area contributed by atoms with E-state index in [1.165, 1.54) is 32.1 Å². The molecule has 37 heavy (non-hydrogen) atoms. The molecule has 0 aliphatic rings. The summed E-state index contributed by atoms with van der Waals surface area (Å²) < 4.78 is 32.1. The molecule has 0 aliphatic carbocycles. The molecule has 0 spiro atoms. The number of hydrogen-bond donors (Lipinski definition) is 3. The van der Waals surface area contributed by atoms with Crippen LogP contribution < -0.4 is 0 Å². The first-order chi connectivity index (χ1) is 17.7. The Bertz CT molecular complexity index is 616. The van der Waals surface area contributed by atoms with Gasteiger partial charge in [0.25, 0.3) is 0 Å². The molecule has 0 rings (SSSR count). The summed E-state index contributed by atoms with van der Waals surface area (Å²) in [7, 11) is -4.58. The van der Waals surface area contributed by atoms with Crippen LogP contribution in [0.1, 0.15) is 117 Å². The van der Waals surface area contributed by atoms with E-state index in [4.69, 9.17) is 19.1 Å². The third kappa shape index (κ3) is 23.8. The summed E-state index contributed by atoms with van der Waals surface area (Å²) in [4.78, 5) is 34.2. The lowest BCUT2D eigenvalue weighted by atomic mass is 10.1. The van der Waals surface area contributed by atoms with E-state index in [1.54, 1.807) is 0 Å². The molecular weight excluding hydrogens is 503 g/mol. The van der Waals surface area contributed by atoms with Gasteiger partial charge in [0.05, 0.1) is 19.8 Å². The number of unbranched alkanes of at least 4 members (excludes halogenated alkanes) is 12. The molecule has 0 radical (unpaired) electrons. The van der Waals surface area contributed by atoms with Gasteiger partial charge in [-0.2, -0.15) is 0 Å². The van der Waals surface area contributed by atoms with Crippen LogP contribution in [0.4, 0.5) is 0 Å². The largest absolute Gasteiger partial charge is 0.472 e. The molecule has 0 fully saturated rings. The van der Waals surface area contributed by atoms with Crippen molar-refractivity contribution < 1.29 is 47.8 Å². The van der Waals surface area contributed by atoms with E-state index in [-0.39, 0.29) is 19.4 Å². The van der Waals surface area contributed by atoms with Crippen LogP contribution in [-0.2, 0) is 32.7 Å². The predicted octanol–water partition coefficient (Wildman–Crippen LogP) is 5.21. The van der Waals surface area contributed by atoms with Gasteiger partial charge in [-0.1, -0.05) is 90.9 Å². The second kappa shape index (κ2) is 24.0. The van der Waals surface area contributed by atoms with Crippen molar-refractivity contribution in [2.75, 3.05) is 26.4 Å². The highest BCUT2D eigenvalue weighted by atomic mass is 31.2. The van der Waals surface area contributed by atoms with E-state index in [0.29, 0.717) is 12.8 Å². The SMILES string of the molecule is CCCCCCCCCCC(=O)OC(COC(=O)CCCCCCCC)COP(=O)(O)OCC(O)CO. The fraction of sp³-hybridized carbons (Fsp3) is 0.923. The molecule has 220 valence electrons. The van der Waals surface area contributed by atoms with Crippen LogP contribution >= 0.6 is 7.82 Å².